The first-order valence-electron chi connectivity index (χ1n) is 5.54. The summed E-state index contributed by atoms with van der Waals surface area (Å²) in [5.41, 5.74) is 0.839. The fraction of sp³-hybridized carbons (Fsp3) is 0.308. The Morgan fingerprint density at radius 2 is 1.94 bits per heavy atom. The molecule has 0 amide bonds. The minimum absolute atomic E-state index is 0.293. The molecule has 18 heavy (non-hydrogen) atoms. The van der Waals surface area contributed by atoms with Gasteiger partial charge in [0.1, 0.15) is 11.6 Å². The van der Waals surface area contributed by atoms with E-state index < -0.39 is 17.6 Å². The molecule has 0 saturated carbocycles. The summed E-state index contributed by atoms with van der Waals surface area (Å²) in [6.45, 7) is 2.12. The van der Waals surface area contributed by atoms with Gasteiger partial charge in [0.25, 0.3) is 0 Å². The number of rotatable bonds is 5. The number of benzene rings is 1. The van der Waals surface area contributed by atoms with Gasteiger partial charge < -0.3 is 10.1 Å². The normalized spacial score (nSPS) is 11.2. The predicted molar refractivity (Wildman–Crippen MR) is 65.2 cm³/mol. The van der Waals surface area contributed by atoms with E-state index in [1.165, 1.54) is 19.2 Å². The number of anilines is 1. The zero-order valence-electron chi connectivity index (χ0n) is 10.3. The molecule has 0 aromatic heterocycles. The van der Waals surface area contributed by atoms with Crippen molar-refractivity contribution in [1.82, 2.24) is 0 Å². The number of hydrogen-bond donors (Lipinski definition) is 1. The number of carbonyl (C=O) groups excluding carboxylic acids is 1. The first-order valence-corrected chi connectivity index (χ1v) is 5.54. The van der Waals surface area contributed by atoms with E-state index in [0.717, 1.165) is 6.07 Å². The van der Waals surface area contributed by atoms with Crippen LogP contribution in [0.15, 0.2) is 29.8 Å². The lowest BCUT2D eigenvalue weighted by Crippen LogP contribution is -2.07. The average Bonchev–Trinajstić information content (AvgIpc) is 2.32. The Morgan fingerprint density at radius 1 is 1.33 bits per heavy atom. The van der Waals surface area contributed by atoms with Gasteiger partial charge in [-0.1, -0.05) is 13.0 Å². The Bertz CT molecular complexity index is 438. The van der Waals surface area contributed by atoms with Crippen molar-refractivity contribution in [3.05, 3.63) is 41.5 Å². The summed E-state index contributed by atoms with van der Waals surface area (Å²) in [6, 6.07) is 3.16. The molecule has 0 aliphatic rings. The van der Waals surface area contributed by atoms with E-state index in [4.69, 9.17) is 0 Å². The third kappa shape index (κ3) is 4.16. The van der Waals surface area contributed by atoms with Crippen LogP contribution in [0.1, 0.15) is 13.3 Å². The van der Waals surface area contributed by atoms with Crippen LogP contribution in [0.3, 0.4) is 0 Å². The summed E-state index contributed by atoms with van der Waals surface area (Å²) in [5, 5.41) is 2.81. The number of nitrogens with one attached hydrogen (secondary N) is 1. The molecular weight excluding hydrogens is 240 g/mol. The molecule has 0 aliphatic heterocycles. The second-order valence-electron chi connectivity index (χ2n) is 3.61. The van der Waals surface area contributed by atoms with Gasteiger partial charge in [0, 0.05) is 23.9 Å². The highest BCUT2D eigenvalue weighted by atomic mass is 19.1. The van der Waals surface area contributed by atoms with Gasteiger partial charge in [-0.3, -0.25) is 0 Å². The molecule has 0 atom stereocenters. The van der Waals surface area contributed by atoms with E-state index in [0.29, 0.717) is 24.2 Å². The highest BCUT2D eigenvalue weighted by Gasteiger charge is 2.06. The summed E-state index contributed by atoms with van der Waals surface area (Å²) >= 11 is 0. The Labute approximate surface area is 104 Å². The van der Waals surface area contributed by atoms with Crippen LogP contribution in [-0.4, -0.2) is 19.6 Å². The Kier molecular flexibility index (Phi) is 5.30. The van der Waals surface area contributed by atoms with Crippen molar-refractivity contribution in [2.45, 2.75) is 13.3 Å². The lowest BCUT2D eigenvalue weighted by Gasteiger charge is -2.06. The maximum atomic E-state index is 12.9. The fourth-order valence-electron chi connectivity index (χ4n) is 1.45. The number of hydrogen-bond acceptors (Lipinski definition) is 3. The van der Waals surface area contributed by atoms with Gasteiger partial charge in [0.05, 0.1) is 7.11 Å². The molecule has 0 bridgehead atoms. The zero-order chi connectivity index (χ0) is 13.5. The van der Waals surface area contributed by atoms with Gasteiger partial charge >= 0.3 is 5.97 Å². The van der Waals surface area contributed by atoms with Crippen molar-refractivity contribution in [2.75, 3.05) is 19.0 Å². The van der Waals surface area contributed by atoms with Gasteiger partial charge in [0.2, 0.25) is 0 Å². The molecule has 5 heteroatoms. The SMILES string of the molecule is CC/C(=C/CNc1cc(F)cc(F)c1)C(=O)OC. The fourth-order valence-corrected chi connectivity index (χ4v) is 1.45. The third-order valence-corrected chi connectivity index (χ3v) is 2.35. The molecule has 3 nitrogen and oxygen atoms in total. The number of methoxy groups -OCH3 is 1. The Hall–Kier alpha value is -1.91. The van der Waals surface area contributed by atoms with E-state index in [1.54, 1.807) is 6.08 Å². The molecule has 0 heterocycles. The van der Waals surface area contributed by atoms with E-state index >= 15 is 0 Å². The minimum atomic E-state index is -0.648. The number of esters is 1. The van der Waals surface area contributed by atoms with E-state index in [1.807, 2.05) is 6.92 Å². The van der Waals surface area contributed by atoms with Gasteiger partial charge in [-0.05, 0) is 18.6 Å². The molecule has 0 fully saturated rings. The minimum Gasteiger partial charge on any atom is -0.466 e. The monoisotopic (exact) mass is 255 g/mol. The van der Waals surface area contributed by atoms with Crippen molar-refractivity contribution in [2.24, 2.45) is 0 Å². The quantitative estimate of drug-likeness (QED) is 0.649. The lowest BCUT2D eigenvalue weighted by atomic mass is 10.2. The molecule has 0 spiro atoms. The summed E-state index contributed by atoms with van der Waals surface area (Å²) < 4.78 is 30.4. The van der Waals surface area contributed by atoms with Crippen molar-refractivity contribution < 1.29 is 18.3 Å². The van der Waals surface area contributed by atoms with Gasteiger partial charge in [-0.15, -0.1) is 0 Å². The van der Waals surface area contributed by atoms with Crippen LogP contribution in [0.4, 0.5) is 14.5 Å². The smallest absolute Gasteiger partial charge is 0.333 e. The Morgan fingerprint density at radius 3 is 2.44 bits per heavy atom. The molecule has 1 rings (SSSR count). The average molecular weight is 255 g/mol. The van der Waals surface area contributed by atoms with E-state index in [9.17, 15) is 13.6 Å². The maximum Gasteiger partial charge on any atom is 0.333 e. The molecule has 0 saturated heterocycles. The summed E-state index contributed by atoms with van der Waals surface area (Å²) in [7, 11) is 1.31. The maximum absolute atomic E-state index is 12.9. The largest absolute Gasteiger partial charge is 0.466 e. The van der Waals surface area contributed by atoms with Crippen LogP contribution in [0.25, 0.3) is 0 Å². The van der Waals surface area contributed by atoms with Crippen LogP contribution in [-0.2, 0) is 9.53 Å². The van der Waals surface area contributed by atoms with Crippen LogP contribution in [0, 0.1) is 11.6 Å². The second kappa shape index (κ2) is 6.74. The standard InChI is InChI=1S/C13H15F2NO2/c1-3-9(13(17)18-2)4-5-16-12-7-10(14)6-11(15)8-12/h4,6-8,16H,3,5H2,1-2H3/b9-4-. The summed E-state index contributed by atoms with van der Waals surface area (Å²) in [5.74, 6) is -1.69. The highest BCUT2D eigenvalue weighted by Crippen LogP contribution is 2.12. The van der Waals surface area contributed by atoms with E-state index in [-0.39, 0.29) is 0 Å². The highest BCUT2D eigenvalue weighted by molar-refractivity contribution is 5.88. The summed E-state index contributed by atoms with van der Waals surface area (Å²) in [4.78, 5) is 11.3. The molecule has 98 valence electrons. The lowest BCUT2D eigenvalue weighted by molar-refractivity contribution is -0.136. The predicted octanol–water partition coefficient (Wildman–Crippen LogP) is 2.89. The first kappa shape index (κ1) is 14.2. The zero-order valence-corrected chi connectivity index (χ0v) is 10.3. The second-order valence-corrected chi connectivity index (χ2v) is 3.61. The van der Waals surface area contributed by atoms with Crippen LogP contribution in [0.5, 0.6) is 0 Å². The Balaban J connectivity index is 2.64. The molecule has 1 aromatic rings. The molecule has 0 unspecified atom stereocenters. The van der Waals surface area contributed by atoms with Crippen LogP contribution < -0.4 is 5.32 Å². The van der Waals surface area contributed by atoms with E-state index in [2.05, 4.69) is 10.1 Å². The molecular formula is C13H15F2NO2. The number of carbonyl (C=O) groups is 1. The van der Waals surface area contributed by atoms with Gasteiger partial charge in [0.15, 0.2) is 0 Å². The molecule has 1 aromatic carbocycles. The topological polar surface area (TPSA) is 38.3 Å². The third-order valence-electron chi connectivity index (χ3n) is 2.35. The van der Waals surface area contributed by atoms with Crippen LogP contribution >= 0.6 is 0 Å². The van der Waals surface area contributed by atoms with Crippen molar-refractivity contribution >= 4 is 11.7 Å². The van der Waals surface area contributed by atoms with Gasteiger partial charge in [-0.2, -0.15) is 0 Å². The van der Waals surface area contributed by atoms with Crippen molar-refractivity contribution in [3.63, 3.8) is 0 Å². The molecule has 1 N–H and O–H groups in total. The van der Waals surface area contributed by atoms with Crippen molar-refractivity contribution in [3.8, 4) is 0 Å². The van der Waals surface area contributed by atoms with Gasteiger partial charge in [-0.25, -0.2) is 13.6 Å². The molecule has 0 radical (unpaired) electrons. The van der Waals surface area contributed by atoms with Crippen LogP contribution in [0.2, 0.25) is 0 Å². The molecule has 0 aliphatic carbocycles. The first-order chi connectivity index (χ1) is 8.56. The number of ether oxygens (including phenoxy) is 1. The van der Waals surface area contributed by atoms with Crippen molar-refractivity contribution in [1.29, 1.82) is 0 Å². The summed E-state index contributed by atoms with van der Waals surface area (Å²) in [6.07, 6.45) is 2.17. The number of halogens is 2.